The number of aliphatic hydroxyl groups excluding tert-OH is 11. The summed E-state index contributed by atoms with van der Waals surface area (Å²) in [5, 5.41) is 135. The fourth-order valence-corrected chi connectivity index (χ4v) is 10.9. The smallest absolute Gasteiger partial charge is 0.364 e. The van der Waals surface area contributed by atoms with Crippen molar-refractivity contribution in [1.82, 2.24) is 10.6 Å². The number of allylic oxidation sites excluding steroid dienone is 1. The zero-order valence-electron chi connectivity index (χ0n) is 49.3. The van der Waals surface area contributed by atoms with Gasteiger partial charge in [-0.1, -0.05) is 180 Å². The first-order valence-electron chi connectivity index (χ1n) is 31.1. The molecule has 18 atom stereocenters. The third-order valence-corrected chi connectivity index (χ3v) is 16.0. The van der Waals surface area contributed by atoms with Gasteiger partial charge in [-0.05, 0) is 19.3 Å². The first-order chi connectivity index (χ1) is 39.4. The summed E-state index contributed by atoms with van der Waals surface area (Å²) in [5.74, 6) is -6.14. The van der Waals surface area contributed by atoms with Gasteiger partial charge >= 0.3 is 5.97 Å². The molecule has 3 aliphatic rings. The highest BCUT2D eigenvalue weighted by atomic mass is 16.8. The Bertz CT molecular complexity index is 1740. The van der Waals surface area contributed by atoms with E-state index in [-0.39, 0.29) is 12.3 Å². The molecule has 3 fully saturated rings. The zero-order valence-corrected chi connectivity index (χ0v) is 49.3. The van der Waals surface area contributed by atoms with Crippen LogP contribution in [0.4, 0.5) is 0 Å². The minimum atomic E-state index is -3.08. The number of carboxylic acid groups (broad SMARTS) is 1. The second kappa shape index (κ2) is 41.5. The van der Waals surface area contributed by atoms with Crippen LogP contribution in [0, 0.1) is 0 Å². The van der Waals surface area contributed by atoms with Crippen LogP contribution in [0.25, 0.3) is 0 Å². The van der Waals surface area contributed by atoms with E-state index in [1.165, 1.54) is 116 Å². The summed E-state index contributed by atoms with van der Waals surface area (Å²) < 4.78 is 34.7. The Morgan fingerprint density at radius 3 is 1.62 bits per heavy atom. The zero-order chi connectivity index (χ0) is 60.5. The van der Waals surface area contributed by atoms with Crippen LogP contribution < -0.4 is 10.6 Å². The monoisotopic (exact) mass is 1180 g/mol. The molecule has 0 bridgehead atoms. The minimum absolute atomic E-state index is 0.204. The highest BCUT2D eigenvalue weighted by Gasteiger charge is 2.60. The van der Waals surface area contributed by atoms with Gasteiger partial charge in [0.1, 0.15) is 67.1 Å². The fourth-order valence-electron chi connectivity index (χ4n) is 10.9. The minimum Gasteiger partial charge on any atom is -0.477 e. The van der Waals surface area contributed by atoms with E-state index >= 15 is 0 Å². The lowest BCUT2D eigenvalue weighted by atomic mass is 9.88. The Morgan fingerprint density at radius 1 is 0.634 bits per heavy atom. The molecule has 3 saturated heterocycles. The average Bonchev–Trinajstić information content (AvgIpc) is 3.65. The van der Waals surface area contributed by atoms with Gasteiger partial charge in [-0.2, -0.15) is 0 Å². The molecule has 480 valence electrons. The van der Waals surface area contributed by atoms with E-state index in [9.17, 15) is 75.7 Å². The maximum atomic E-state index is 13.4. The van der Waals surface area contributed by atoms with Crippen molar-refractivity contribution in [3.8, 4) is 0 Å². The number of carbonyl (C=O) groups excluding carboxylic acids is 2. The lowest BCUT2D eigenvalue weighted by molar-refractivity contribution is -0.386. The topological polar surface area (TPSA) is 373 Å². The number of aliphatic carboxylic acids is 1. The summed E-state index contributed by atoms with van der Waals surface area (Å²) >= 11 is 0. The predicted molar refractivity (Wildman–Crippen MR) is 301 cm³/mol. The molecule has 0 unspecified atom stereocenters. The quantitative estimate of drug-likeness (QED) is 0.0307. The van der Waals surface area contributed by atoms with Gasteiger partial charge in [0.05, 0.1) is 50.7 Å². The number of aliphatic hydroxyl groups is 11. The van der Waals surface area contributed by atoms with E-state index in [1.807, 2.05) is 6.08 Å². The van der Waals surface area contributed by atoms with Crippen LogP contribution in [0.15, 0.2) is 12.2 Å². The number of hydrogen-bond acceptors (Lipinski definition) is 20. The highest BCUT2D eigenvalue weighted by molar-refractivity contribution is 5.77. The molecule has 0 aromatic carbocycles. The van der Waals surface area contributed by atoms with E-state index in [2.05, 4.69) is 24.5 Å². The molecule has 3 rings (SSSR count). The van der Waals surface area contributed by atoms with E-state index in [1.54, 1.807) is 6.08 Å². The predicted octanol–water partition coefficient (Wildman–Crippen LogP) is 3.17. The van der Waals surface area contributed by atoms with Crippen molar-refractivity contribution in [2.75, 3.05) is 26.4 Å². The van der Waals surface area contributed by atoms with Gasteiger partial charge in [0.15, 0.2) is 12.6 Å². The van der Waals surface area contributed by atoms with Crippen molar-refractivity contribution < 1.29 is 104 Å². The van der Waals surface area contributed by atoms with Crippen molar-refractivity contribution in [2.24, 2.45) is 0 Å². The Kier molecular flexibility index (Phi) is 37.4. The first-order valence-corrected chi connectivity index (χ1v) is 31.1. The molecule has 23 nitrogen and oxygen atoms in total. The van der Waals surface area contributed by atoms with Crippen molar-refractivity contribution >= 4 is 17.8 Å². The maximum Gasteiger partial charge on any atom is 0.364 e. The molecule has 0 spiro atoms. The molecular weight excluding hydrogens is 1070 g/mol. The SMILES string of the molecule is CCCCCCCCCCCCC/C=C/[C@H](O)[C@@H](CO[C@@H]1O[C@H](CO)[C@@H](O[C@@H]2O[C@H](CO)[C@H](O)[C@H](O[C@]3(C(=O)O)C[C@H](O)[C@@H](NC(C)=O)[C@H]([C@H](O)[C@H](O)CO)O3)[C@H]2O)[C@H](O)[C@H]1O)NC(=O)CCCCCCCCCCCCCCCCC. The number of carbonyl (C=O) groups is 3. The van der Waals surface area contributed by atoms with Crippen molar-refractivity contribution in [3.05, 3.63) is 12.2 Å². The summed E-state index contributed by atoms with van der Waals surface area (Å²) in [7, 11) is 0. The fraction of sp³-hybridized carbons (Fsp3) is 0.915. The normalized spacial score (nSPS) is 30.2. The van der Waals surface area contributed by atoms with E-state index < -0.39 is 155 Å². The van der Waals surface area contributed by atoms with Gasteiger partial charge in [-0.25, -0.2) is 4.79 Å². The van der Waals surface area contributed by atoms with Crippen LogP contribution in [0.2, 0.25) is 0 Å². The van der Waals surface area contributed by atoms with Crippen LogP contribution in [0.5, 0.6) is 0 Å². The van der Waals surface area contributed by atoms with Gasteiger partial charge in [0.25, 0.3) is 5.79 Å². The second-order valence-electron chi connectivity index (χ2n) is 22.9. The van der Waals surface area contributed by atoms with Crippen LogP contribution >= 0.6 is 0 Å². The number of amides is 2. The third kappa shape index (κ3) is 25.4. The standard InChI is InChI=1S/C59H108N2O21/c1-4-6-8-10-12-14-16-18-19-21-23-25-27-29-31-33-46(69)61-40(41(66)32-30-28-26-24-22-20-17-15-13-11-9-7-5-2)38-77-56-51(73)50(72)53(45(37-64)79-56)80-57-52(74)55(49(71)44(36-63)78-57)82-59(58(75)76)34-42(67)47(60-39(3)65)54(81-59)48(70)43(68)35-62/h30,32,40-45,47-57,62-64,66-68,70-74H,4-29,31,33-38H2,1-3H3,(H,60,65)(H,61,69)(H,75,76)/b32-30+/t40-,41+,42+,43-,44-,45-,47-,48-,49+,50-,51-,52-,53-,54-,55+,56-,57+,59+/m1/s1. The van der Waals surface area contributed by atoms with Crippen molar-refractivity contribution in [1.29, 1.82) is 0 Å². The molecule has 2 amide bonds. The summed E-state index contributed by atoms with van der Waals surface area (Å²) in [6.07, 6.45) is 5.61. The maximum absolute atomic E-state index is 13.4. The Labute approximate surface area is 486 Å². The van der Waals surface area contributed by atoms with Gasteiger partial charge in [-0.15, -0.1) is 0 Å². The highest BCUT2D eigenvalue weighted by Crippen LogP contribution is 2.38. The lowest BCUT2D eigenvalue weighted by Gasteiger charge is -2.50. The van der Waals surface area contributed by atoms with Gasteiger partial charge in [0, 0.05) is 19.8 Å². The summed E-state index contributed by atoms with van der Waals surface area (Å²) in [6, 6.07) is -2.61. The lowest BCUT2D eigenvalue weighted by Crippen LogP contribution is -2.70. The molecule has 14 N–H and O–H groups in total. The van der Waals surface area contributed by atoms with E-state index in [4.69, 9.17) is 28.4 Å². The summed E-state index contributed by atoms with van der Waals surface area (Å²) in [5.41, 5.74) is 0. The molecule has 3 heterocycles. The van der Waals surface area contributed by atoms with Crippen LogP contribution in [0.3, 0.4) is 0 Å². The number of ether oxygens (including phenoxy) is 6. The summed E-state index contributed by atoms with van der Waals surface area (Å²) in [4.78, 5) is 38.4. The van der Waals surface area contributed by atoms with Gasteiger partial charge in [-0.3, -0.25) is 9.59 Å². The molecular formula is C59H108N2O21. The second-order valence-corrected chi connectivity index (χ2v) is 22.9. The largest absolute Gasteiger partial charge is 0.477 e. The van der Waals surface area contributed by atoms with Crippen LogP contribution in [-0.4, -0.2) is 215 Å². The molecule has 0 radical (unpaired) electrons. The third-order valence-electron chi connectivity index (χ3n) is 16.0. The Hall–Kier alpha value is -2.53. The van der Waals surface area contributed by atoms with E-state index in [0.717, 1.165) is 51.9 Å². The number of carboxylic acids is 1. The molecule has 82 heavy (non-hydrogen) atoms. The van der Waals surface area contributed by atoms with Gasteiger partial charge < -0.3 is 100 Å². The summed E-state index contributed by atoms with van der Waals surface area (Å²) in [6.45, 7) is 2.10. The van der Waals surface area contributed by atoms with Crippen molar-refractivity contribution in [3.63, 3.8) is 0 Å². The number of unbranched alkanes of at least 4 members (excludes halogenated alkanes) is 25. The Balaban J connectivity index is 1.67. The Morgan fingerprint density at radius 2 is 1.13 bits per heavy atom. The molecule has 0 aromatic rings. The molecule has 3 aliphatic heterocycles. The van der Waals surface area contributed by atoms with Crippen LogP contribution in [-0.2, 0) is 42.8 Å². The average molecular weight is 1180 g/mol. The number of hydrogen-bond donors (Lipinski definition) is 14. The molecule has 0 aromatic heterocycles. The number of nitrogens with one attached hydrogen (secondary N) is 2. The molecule has 0 aliphatic carbocycles. The van der Waals surface area contributed by atoms with E-state index in [0.29, 0.717) is 12.8 Å². The van der Waals surface area contributed by atoms with Crippen LogP contribution in [0.1, 0.15) is 207 Å². The number of rotatable bonds is 45. The molecule has 0 saturated carbocycles. The van der Waals surface area contributed by atoms with Gasteiger partial charge in [0.2, 0.25) is 11.8 Å². The first kappa shape index (κ1) is 73.7. The van der Waals surface area contributed by atoms with Crippen molar-refractivity contribution in [2.45, 2.75) is 317 Å². The molecule has 23 heteroatoms.